The molecular weight excluding hydrogens is 404 g/mol. The Kier molecular flexibility index (Phi) is 8.91. The van der Waals surface area contributed by atoms with Gasteiger partial charge in [-0.2, -0.15) is 8.78 Å². The van der Waals surface area contributed by atoms with Crippen LogP contribution in [0.25, 0.3) is 0 Å². The molecule has 1 heterocycles. The van der Waals surface area contributed by atoms with E-state index in [-0.39, 0.29) is 28.7 Å². The molecule has 29 heavy (non-hydrogen) atoms. The lowest BCUT2D eigenvalue weighted by atomic mass is 10.1. The molecule has 7 nitrogen and oxygen atoms in total. The Hall–Kier alpha value is -2.62. The highest BCUT2D eigenvalue weighted by atomic mass is 32.2. The lowest BCUT2D eigenvalue weighted by Crippen LogP contribution is -2.27. The number of aromatic nitrogens is 2. The van der Waals surface area contributed by atoms with Crippen LogP contribution in [-0.2, 0) is 17.6 Å². The van der Waals surface area contributed by atoms with Crippen LogP contribution in [-0.4, -0.2) is 41.9 Å². The quantitative estimate of drug-likeness (QED) is 0.423. The molecule has 0 aliphatic heterocycles. The van der Waals surface area contributed by atoms with Gasteiger partial charge in [-0.25, -0.2) is 4.98 Å². The largest absolute Gasteiger partial charge is 0.493 e. The van der Waals surface area contributed by atoms with E-state index < -0.39 is 6.61 Å². The zero-order valence-electron chi connectivity index (χ0n) is 16.2. The van der Waals surface area contributed by atoms with Crippen molar-refractivity contribution < 1.29 is 23.0 Å². The number of halogens is 2. The summed E-state index contributed by atoms with van der Waals surface area (Å²) >= 11 is 1.16. The first kappa shape index (κ1) is 22.7. The number of nitrogens with one attached hydrogen (secondary N) is 2. The number of aryl methyl sites for hydroxylation is 1. The SMILES string of the molecule is CCCc1cc(=O)[nH]c(SCC(=O)NCCc2ccc(OC(F)F)c(OC)c2)n1. The molecule has 0 atom stereocenters. The van der Waals surface area contributed by atoms with Crippen LogP contribution in [0.2, 0.25) is 0 Å². The van der Waals surface area contributed by atoms with Gasteiger partial charge in [-0.15, -0.1) is 0 Å². The number of benzene rings is 1. The number of rotatable bonds is 11. The summed E-state index contributed by atoms with van der Waals surface area (Å²) < 4.78 is 34.1. The fourth-order valence-corrected chi connectivity index (χ4v) is 3.25. The lowest BCUT2D eigenvalue weighted by molar-refractivity contribution is -0.118. The first-order valence-corrected chi connectivity index (χ1v) is 10.0. The van der Waals surface area contributed by atoms with Crippen molar-refractivity contribution in [3.8, 4) is 11.5 Å². The first-order chi connectivity index (χ1) is 13.9. The van der Waals surface area contributed by atoms with Gasteiger partial charge in [0.15, 0.2) is 16.7 Å². The third-order valence-electron chi connectivity index (χ3n) is 3.80. The van der Waals surface area contributed by atoms with Gasteiger partial charge in [-0.3, -0.25) is 9.59 Å². The first-order valence-electron chi connectivity index (χ1n) is 9.02. The molecule has 0 unspecified atom stereocenters. The zero-order chi connectivity index (χ0) is 21.2. The maximum Gasteiger partial charge on any atom is 0.387 e. The van der Waals surface area contributed by atoms with Crippen molar-refractivity contribution in [2.75, 3.05) is 19.4 Å². The van der Waals surface area contributed by atoms with E-state index in [2.05, 4.69) is 20.0 Å². The molecule has 0 saturated carbocycles. The van der Waals surface area contributed by atoms with Crippen LogP contribution in [0.4, 0.5) is 8.78 Å². The topological polar surface area (TPSA) is 93.3 Å². The standard InChI is InChI=1S/C19H23F2N3O4S/c1-3-4-13-10-16(25)24-19(23-13)29-11-17(26)22-8-7-12-5-6-14(28-18(20)21)15(9-12)27-2/h5-6,9-10,18H,3-4,7-8,11H2,1-2H3,(H,22,26)(H,23,24,25). The Bertz CT molecular complexity index is 877. The summed E-state index contributed by atoms with van der Waals surface area (Å²) in [4.78, 5) is 30.6. The summed E-state index contributed by atoms with van der Waals surface area (Å²) in [5.74, 6) is 0.0662. The van der Waals surface area contributed by atoms with E-state index in [1.165, 1.54) is 19.2 Å². The van der Waals surface area contributed by atoms with Crippen molar-refractivity contribution >= 4 is 17.7 Å². The van der Waals surface area contributed by atoms with Gasteiger partial charge in [0.1, 0.15) is 0 Å². The van der Waals surface area contributed by atoms with Crippen molar-refractivity contribution in [1.82, 2.24) is 15.3 Å². The molecule has 10 heteroatoms. The Morgan fingerprint density at radius 3 is 2.76 bits per heavy atom. The fraction of sp³-hybridized carbons (Fsp3) is 0.421. The van der Waals surface area contributed by atoms with Crippen LogP contribution in [0.5, 0.6) is 11.5 Å². The van der Waals surface area contributed by atoms with Crippen molar-refractivity contribution in [2.24, 2.45) is 0 Å². The number of hydrogen-bond acceptors (Lipinski definition) is 6. The minimum Gasteiger partial charge on any atom is -0.493 e. The fourth-order valence-electron chi connectivity index (χ4n) is 2.53. The van der Waals surface area contributed by atoms with E-state index in [4.69, 9.17) is 4.74 Å². The molecule has 158 valence electrons. The smallest absolute Gasteiger partial charge is 0.387 e. The number of aromatic amines is 1. The highest BCUT2D eigenvalue weighted by Gasteiger charge is 2.11. The van der Waals surface area contributed by atoms with E-state index >= 15 is 0 Å². The number of alkyl halides is 2. The molecule has 0 aliphatic carbocycles. The molecule has 1 amide bonds. The van der Waals surface area contributed by atoms with Crippen LogP contribution < -0.4 is 20.3 Å². The Morgan fingerprint density at radius 1 is 1.28 bits per heavy atom. The van der Waals surface area contributed by atoms with Crippen LogP contribution in [0.1, 0.15) is 24.6 Å². The summed E-state index contributed by atoms with van der Waals surface area (Å²) in [5.41, 5.74) is 1.27. The number of methoxy groups -OCH3 is 1. The molecule has 0 fully saturated rings. The molecule has 2 rings (SSSR count). The summed E-state index contributed by atoms with van der Waals surface area (Å²) in [6.45, 7) is -0.575. The monoisotopic (exact) mass is 427 g/mol. The minimum atomic E-state index is -2.93. The summed E-state index contributed by atoms with van der Waals surface area (Å²) in [6, 6.07) is 6.09. The van der Waals surface area contributed by atoms with Gasteiger partial charge < -0.3 is 19.8 Å². The average Bonchev–Trinajstić information content (AvgIpc) is 2.67. The van der Waals surface area contributed by atoms with Gasteiger partial charge in [-0.05, 0) is 30.5 Å². The van der Waals surface area contributed by atoms with E-state index in [1.54, 1.807) is 12.1 Å². The Balaban J connectivity index is 1.82. The zero-order valence-corrected chi connectivity index (χ0v) is 17.0. The molecule has 2 aromatic rings. The van der Waals surface area contributed by atoms with Gasteiger partial charge in [0.25, 0.3) is 5.56 Å². The van der Waals surface area contributed by atoms with E-state index in [1.807, 2.05) is 6.92 Å². The predicted octanol–water partition coefficient (Wildman–Crippen LogP) is 2.78. The van der Waals surface area contributed by atoms with Gasteiger partial charge in [0.2, 0.25) is 5.91 Å². The second-order valence-corrected chi connectivity index (χ2v) is 7.01. The molecule has 2 N–H and O–H groups in total. The van der Waals surface area contributed by atoms with Crippen molar-refractivity contribution in [1.29, 1.82) is 0 Å². The third-order valence-corrected chi connectivity index (χ3v) is 4.67. The highest BCUT2D eigenvalue weighted by Crippen LogP contribution is 2.29. The van der Waals surface area contributed by atoms with Crippen LogP contribution in [0.3, 0.4) is 0 Å². The van der Waals surface area contributed by atoms with Crippen molar-refractivity contribution in [3.05, 3.63) is 45.9 Å². The number of carbonyl (C=O) groups is 1. The molecule has 1 aromatic heterocycles. The Labute approximate surface area is 171 Å². The maximum absolute atomic E-state index is 12.4. The number of ether oxygens (including phenoxy) is 2. The number of thioether (sulfide) groups is 1. The number of carbonyl (C=O) groups excluding carboxylic acids is 1. The summed E-state index contributed by atoms with van der Waals surface area (Å²) in [6.07, 6.45) is 2.07. The predicted molar refractivity (Wildman–Crippen MR) is 106 cm³/mol. The van der Waals surface area contributed by atoms with Crippen molar-refractivity contribution in [2.45, 2.75) is 38.0 Å². The van der Waals surface area contributed by atoms with E-state index in [9.17, 15) is 18.4 Å². The van der Waals surface area contributed by atoms with Gasteiger partial charge in [0.05, 0.1) is 12.9 Å². The Morgan fingerprint density at radius 2 is 2.07 bits per heavy atom. The number of amides is 1. The normalized spacial score (nSPS) is 10.8. The molecule has 0 radical (unpaired) electrons. The number of H-pyrrole nitrogens is 1. The molecule has 0 bridgehead atoms. The molecule has 0 spiro atoms. The van der Waals surface area contributed by atoms with Crippen LogP contribution in [0, 0.1) is 0 Å². The second kappa shape index (κ2) is 11.4. The maximum atomic E-state index is 12.4. The van der Waals surface area contributed by atoms with Crippen molar-refractivity contribution in [3.63, 3.8) is 0 Å². The third kappa shape index (κ3) is 7.72. The van der Waals surface area contributed by atoms with Crippen LogP contribution in [0.15, 0.2) is 34.2 Å². The number of hydrogen-bond donors (Lipinski definition) is 2. The summed E-state index contributed by atoms with van der Waals surface area (Å²) in [5, 5.41) is 3.18. The van der Waals surface area contributed by atoms with Crippen LogP contribution >= 0.6 is 11.8 Å². The van der Waals surface area contributed by atoms with Gasteiger partial charge >= 0.3 is 6.61 Å². The molecular formula is C19H23F2N3O4S. The second-order valence-electron chi connectivity index (χ2n) is 6.04. The van der Waals surface area contributed by atoms with Gasteiger partial charge in [-0.1, -0.05) is 31.2 Å². The molecule has 1 aromatic carbocycles. The van der Waals surface area contributed by atoms with E-state index in [0.717, 1.165) is 23.7 Å². The minimum absolute atomic E-state index is 0.0431. The number of nitrogens with zero attached hydrogens (tertiary/aromatic N) is 1. The highest BCUT2D eigenvalue weighted by molar-refractivity contribution is 7.99. The van der Waals surface area contributed by atoms with Gasteiger partial charge in [0, 0.05) is 18.3 Å². The van der Waals surface area contributed by atoms with E-state index in [0.29, 0.717) is 30.2 Å². The summed E-state index contributed by atoms with van der Waals surface area (Å²) in [7, 11) is 1.37. The molecule has 0 saturated heterocycles. The lowest BCUT2D eigenvalue weighted by Gasteiger charge is -2.11. The average molecular weight is 427 g/mol. The molecule has 0 aliphatic rings.